The number of hydrogen-bond acceptors (Lipinski definition) is 1. The molecule has 1 heterocycles. The molecule has 2 rings (SSSR count). The minimum atomic E-state index is 0.132. The van der Waals surface area contributed by atoms with E-state index in [2.05, 4.69) is 54.4 Å². The Morgan fingerprint density at radius 2 is 2.00 bits per heavy atom. The molecule has 0 atom stereocenters. The Morgan fingerprint density at radius 3 is 2.67 bits per heavy atom. The summed E-state index contributed by atoms with van der Waals surface area (Å²) in [6, 6.07) is 10.7. The fourth-order valence-electron chi connectivity index (χ4n) is 2.15. The molecule has 0 amide bonds. The van der Waals surface area contributed by atoms with Crippen LogP contribution in [0.2, 0.25) is 0 Å². The first-order chi connectivity index (χ1) is 7.16. The van der Waals surface area contributed by atoms with Crippen LogP contribution in [0.4, 0.5) is 0 Å². The maximum absolute atomic E-state index is 4.61. The van der Waals surface area contributed by atoms with Gasteiger partial charge in [-0.15, -0.1) is 0 Å². The van der Waals surface area contributed by atoms with Crippen molar-refractivity contribution in [3.05, 3.63) is 35.9 Å². The summed E-state index contributed by atoms with van der Waals surface area (Å²) < 4.78 is 0. The zero-order valence-corrected chi connectivity index (χ0v) is 9.61. The minimum absolute atomic E-state index is 0.132. The Morgan fingerprint density at radius 1 is 1.27 bits per heavy atom. The average molecular weight is 203 g/mol. The van der Waals surface area contributed by atoms with E-state index in [0.29, 0.717) is 0 Å². The molecule has 0 unspecified atom stereocenters. The molecule has 2 nitrogen and oxygen atoms in total. The molecule has 1 aliphatic rings. The van der Waals surface area contributed by atoms with Gasteiger partial charge in [-0.25, -0.2) is 5.32 Å². The summed E-state index contributed by atoms with van der Waals surface area (Å²) in [5.41, 5.74) is 1.53. The smallest absolute Gasteiger partial charge is 0.0428 e. The second-order valence-corrected chi connectivity index (χ2v) is 4.89. The first-order valence-corrected chi connectivity index (χ1v) is 5.61. The van der Waals surface area contributed by atoms with Crippen LogP contribution in [-0.4, -0.2) is 30.1 Å². The summed E-state index contributed by atoms with van der Waals surface area (Å²) in [6.07, 6.45) is 0. The van der Waals surface area contributed by atoms with Crippen LogP contribution in [-0.2, 0) is 6.54 Å². The molecule has 1 aromatic carbocycles. The standard InChI is InChI=1S/C13H19N2/c1-13(2)11-15(9-8-14-13)10-12-6-4-3-5-7-12/h3-7H,8-11H2,1-2H3. The van der Waals surface area contributed by atoms with Gasteiger partial charge in [0.25, 0.3) is 0 Å². The highest BCUT2D eigenvalue weighted by molar-refractivity contribution is 5.14. The van der Waals surface area contributed by atoms with Crippen molar-refractivity contribution in [2.75, 3.05) is 19.6 Å². The van der Waals surface area contributed by atoms with E-state index in [1.54, 1.807) is 0 Å². The molecule has 15 heavy (non-hydrogen) atoms. The number of benzene rings is 1. The number of hydrogen-bond donors (Lipinski definition) is 0. The minimum Gasteiger partial charge on any atom is -0.296 e. The third-order valence-corrected chi connectivity index (χ3v) is 2.82. The molecule has 1 aliphatic heterocycles. The van der Waals surface area contributed by atoms with E-state index in [0.717, 1.165) is 26.2 Å². The molecule has 0 N–H and O–H groups in total. The van der Waals surface area contributed by atoms with Crippen LogP contribution in [0.15, 0.2) is 30.3 Å². The maximum Gasteiger partial charge on any atom is 0.0428 e. The topological polar surface area (TPSA) is 17.3 Å². The Hall–Kier alpha value is -0.860. The van der Waals surface area contributed by atoms with Crippen LogP contribution in [0.1, 0.15) is 19.4 Å². The first-order valence-electron chi connectivity index (χ1n) is 5.61. The van der Waals surface area contributed by atoms with Crippen LogP contribution in [0.5, 0.6) is 0 Å². The predicted octanol–water partition coefficient (Wildman–Crippen LogP) is 1.89. The highest BCUT2D eigenvalue weighted by Gasteiger charge is 2.26. The zero-order valence-electron chi connectivity index (χ0n) is 9.61. The third-order valence-electron chi connectivity index (χ3n) is 2.82. The molecule has 0 spiro atoms. The number of rotatable bonds is 2. The molecule has 0 aliphatic carbocycles. The van der Waals surface area contributed by atoms with E-state index in [-0.39, 0.29) is 5.54 Å². The van der Waals surface area contributed by atoms with Crippen molar-refractivity contribution in [2.45, 2.75) is 25.9 Å². The molecular formula is C13H19N2. The van der Waals surface area contributed by atoms with Crippen molar-refractivity contribution < 1.29 is 0 Å². The van der Waals surface area contributed by atoms with Crippen molar-refractivity contribution in [2.24, 2.45) is 0 Å². The van der Waals surface area contributed by atoms with Gasteiger partial charge in [-0.05, 0) is 19.4 Å². The van der Waals surface area contributed by atoms with Gasteiger partial charge in [-0.1, -0.05) is 30.3 Å². The normalized spacial score (nSPS) is 21.5. The lowest BCUT2D eigenvalue weighted by Gasteiger charge is -2.37. The average Bonchev–Trinajstić information content (AvgIpc) is 2.17. The molecule has 1 saturated heterocycles. The van der Waals surface area contributed by atoms with E-state index in [1.165, 1.54) is 5.56 Å². The van der Waals surface area contributed by atoms with E-state index < -0.39 is 0 Å². The van der Waals surface area contributed by atoms with Gasteiger partial charge >= 0.3 is 0 Å². The van der Waals surface area contributed by atoms with Crippen molar-refractivity contribution in [3.63, 3.8) is 0 Å². The monoisotopic (exact) mass is 203 g/mol. The van der Waals surface area contributed by atoms with E-state index in [4.69, 9.17) is 0 Å². The van der Waals surface area contributed by atoms with Crippen molar-refractivity contribution in [3.8, 4) is 0 Å². The Labute approximate surface area is 92.3 Å². The zero-order chi connectivity index (χ0) is 10.7. The molecule has 0 bridgehead atoms. The maximum atomic E-state index is 4.61. The van der Waals surface area contributed by atoms with Crippen LogP contribution in [0, 0.1) is 0 Å². The quantitative estimate of drug-likeness (QED) is 0.717. The van der Waals surface area contributed by atoms with E-state index in [9.17, 15) is 0 Å². The molecule has 0 saturated carbocycles. The summed E-state index contributed by atoms with van der Waals surface area (Å²) in [6.45, 7) is 8.62. The lowest BCUT2D eigenvalue weighted by molar-refractivity contribution is 0.144. The second-order valence-electron chi connectivity index (χ2n) is 4.89. The van der Waals surface area contributed by atoms with Gasteiger partial charge in [-0.3, -0.25) is 4.90 Å². The molecule has 2 heteroatoms. The summed E-state index contributed by atoms with van der Waals surface area (Å²) in [5.74, 6) is 0. The number of piperazine rings is 1. The summed E-state index contributed by atoms with van der Waals surface area (Å²) in [4.78, 5) is 2.49. The van der Waals surface area contributed by atoms with Gasteiger partial charge in [0, 0.05) is 31.7 Å². The van der Waals surface area contributed by atoms with Crippen LogP contribution in [0.25, 0.3) is 0 Å². The lowest BCUT2D eigenvalue weighted by atomic mass is 10.0. The highest BCUT2D eigenvalue weighted by atomic mass is 15.2. The lowest BCUT2D eigenvalue weighted by Crippen LogP contribution is -2.52. The largest absolute Gasteiger partial charge is 0.296 e. The Bertz CT molecular complexity index is 306. The molecule has 81 valence electrons. The van der Waals surface area contributed by atoms with Crippen LogP contribution >= 0.6 is 0 Å². The molecule has 1 radical (unpaired) electrons. The third kappa shape index (κ3) is 3.05. The fraction of sp³-hybridized carbons (Fsp3) is 0.538. The molecule has 1 fully saturated rings. The van der Waals surface area contributed by atoms with E-state index >= 15 is 0 Å². The summed E-state index contributed by atoms with van der Waals surface area (Å²) in [7, 11) is 0. The molecule has 0 aromatic heterocycles. The molecule has 1 aromatic rings. The summed E-state index contributed by atoms with van der Waals surface area (Å²) in [5, 5.41) is 4.61. The van der Waals surface area contributed by atoms with Crippen molar-refractivity contribution in [1.82, 2.24) is 10.2 Å². The van der Waals surface area contributed by atoms with Gasteiger partial charge in [0.1, 0.15) is 0 Å². The first kappa shape index (κ1) is 10.7. The van der Waals surface area contributed by atoms with Gasteiger partial charge < -0.3 is 0 Å². The Kier molecular flexibility index (Phi) is 3.08. The summed E-state index contributed by atoms with van der Waals surface area (Å²) >= 11 is 0. The van der Waals surface area contributed by atoms with Gasteiger partial charge in [0.2, 0.25) is 0 Å². The van der Waals surface area contributed by atoms with E-state index in [1.807, 2.05) is 0 Å². The predicted molar refractivity (Wildman–Crippen MR) is 62.8 cm³/mol. The second kappa shape index (κ2) is 4.33. The fourth-order valence-corrected chi connectivity index (χ4v) is 2.15. The number of nitrogens with zero attached hydrogens (tertiary/aromatic N) is 2. The van der Waals surface area contributed by atoms with Gasteiger partial charge in [0.05, 0.1) is 0 Å². The van der Waals surface area contributed by atoms with Crippen LogP contribution in [0.3, 0.4) is 0 Å². The van der Waals surface area contributed by atoms with Gasteiger partial charge in [-0.2, -0.15) is 0 Å². The van der Waals surface area contributed by atoms with Gasteiger partial charge in [0.15, 0.2) is 0 Å². The van der Waals surface area contributed by atoms with Crippen LogP contribution < -0.4 is 5.32 Å². The Balaban J connectivity index is 1.95. The highest BCUT2D eigenvalue weighted by Crippen LogP contribution is 2.14. The van der Waals surface area contributed by atoms with Crippen molar-refractivity contribution in [1.29, 1.82) is 0 Å². The SMILES string of the molecule is CC1(C)CN(Cc2ccccc2)CC[N]1. The molecular weight excluding hydrogens is 184 g/mol. The van der Waals surface area contributed by atoms with Crippen molar-refractivity contribution >= 4 is 0 Å².